The van der Waals surface area contributed by atoms with Crippen molar-refractivity contribution < 1.29 is 13.2 Å². The van der Waals surface area contributed by atoms with E-state index in [4.69, 9.17) is 0 Å². The Hall–Kier alpha value is -0.960. The van der Waals surface area contributed by atoms with Crippen LogP contribution in [-0.4, -0.2) is 49.6 Å². The molecule has 1 fully saturated rings. The van der Waals surface area contributed by atoms with Gasteiger partial charge in [-0.3, -0.25) is 4.79 Å². The molecule has 134 valence electrons. The number of carbonyl (C=O) groups is 1. The highest BCUT2D eigenvalue weighted by Gasteiger charge is 2.28. The van der Waals surface area contributed by atoms with E-state index in [1.165, 1.54) is 11.4 Å². The van der Waals surface area contributed by atoms with Gasteiger partial charge in [0, 0.05) is 30.3 Å². The Labute approximate surface area is 152 Å². The number of rotatable bonds is 5. The third-order valence-electron chi connectivity index (χ3n) is 4.11. The van der Waals surface area contributed by atoms with Crippen molar-refractivity contribution in [1.29, 1.82) is 0 Å². The number of amides is 1. The van der Waals surface area contributed by atoms with E-state index < -0.39 is 10.2 Å². The second kappa shape index (κ2) is 8.42. The van der Waals surface area contributed by atoms with Crippen LogP contribution in [0.25, 0.3) is 0 Å². The predicted octanol–water partition coefficient (Wildman–Crippen LogP) is 2.75. The van der Waals surface area contributed by atoms with Crippen molar-refractivity contribution in [3.63, 3.8) is 0 Å². The average Bonchev–Trinajstić information content (AvgIpc) is 2.79. The quantitative estimate of drug-likeness (QED) is 0.800. The Morgan fingerprint density at radius 1 is 1.25 bits per heavy atom. The largest absolute Gasteiger partial charge is 0.325 e. The van der Waals surface area contributed by atoms with E-state index in [2.05, 4.69) is 21.2 Å². The Kier molecular flexibility index (Phi) is 6.79. The van der Waals surface area contributed by atoms with Crippen LogP contribution < -0.4 is 5.32 Å². The number of nitrogens with zero attached hydrogens (tertiary/aromatic N) is 2. The van der Waals surface area contributed by atoms with Gasteiger partial charge in [-0.05, 0) is 43.5 Å². The van der Waals surface area contributed by atoms with Gasteiger partial charge >= 0.3 is 0 Å². The van der Waals surface area contributed by atoms with Gasteiger partial charge in [0.1, 0.15) is 0 Å². The maximum absolute atomic E-state index is 12.6. The van der Waals surface area contributed by atoms with Crippen molar-refractivity contribution in [2.45, 2.75) is 32.6 Å². The van der Waals surface area contributed by atoms with Crippen molar-refractivity contribution in [2.75, 3.05) is 32.0 Å². The number of carbonyl (C=O) groups excluding carboxylic acids is 1. The van der Waals surface area contributed by atoms with Gasteiger partial charge in [-0.1, -0.05) is 28.8 Å². The fourth-order valence-electron chi connectivity index (χ4n) is 2.71. The summed E-state index contributed by atoms with van der Waals surface area (Å²) < 4.78 is 28.7. The Bertz CT molecular complexity index is 686. The van der Waals surface area contributed by atoms with Gasteiger partial charge in [-0.15, -0.1) is 0 Å². The lowest BCUT2D eigenvalue weighted by atomic mass is 10.2. The van der Waals surface area contributed by atoms with Crippen LogP contribution in [0.5, 0.6) is 0 Å². The lowest BCUT2D eigenvalue weighted by Crippen LogP contribution is -2.45. The van der Waals surface area contributed by atoms with Crippen LogP contribution in [0.4, 0.5) is 5.69 Å². The normalized spacial score (nSPS) is 16.8. The van der Waals surface area contributed by atoms with E-state index in [0.717, 1.165) is 40.0 Å². The zero-order valence-electron chi connectivity index (χ0n) is 14.1. The number of nitrogens with one attached hydrogen (secondary N) is 1. The summed E-state index contributed by atoms with van der Waals surface area (Å²) in [6, 6.07) is 5.52. The number of benzene rings is 1. The maximum atomic E-state index is 12.6. The molecule has 1 amide bonds. The van der Waals surface area contributed by atoms with Crippen molar-refractivity contribution >= 4 is 37.7 Å². The highest BCUT2D eigenvalue weighted by atomic mass is 79.9. The molecule has 2 rings (SSSR count). The minimum Gasteiger partial charge on any atom is -0.325 e. The summed E-state index contributed by atoms with van der Waals surface area (Å²) in [6.45, 7) is 2.74. The molecule has 8 heteroatoms. The van der Waals surface area contributed by atoms with E-state index in [-0.39, 0.29) is 12.5 Å². The second-order valence-electron chi connectivity index (χ2n) is 6.08. The highest BCUT2D eigenvalue weighted by molar-refractivity contribution is 9.10. The number of halogens is 1. The molecule has 0 atom stereocenters. The molecular formula is C16H24BrN3O3S. The third kappa shape index (κ3) is 5.02. The van der Waals surface area contributed by atoms with Gasteiger partial charge in [0.2, 0.25) is 5.91 Å². The maximum Gasteiger partial charge on any atom is 0.282 e. The zero-order chi connectivity index (χ0) is 17.7. The lowest BCUT2D eigenvalue weighted by molar-refractivity contribution is -0.116. The number of likely N-dealkylation sites (N-methyl/N-ethyl adjacent to an activating group) is 1. The lowest BCUT2D eigenvalue weighted by Gasteiger charge is -2.26. The molecule has 1 heterocycles. The van der Waals surface area contributed by atoms with Crippen LogP contribution in [0.1, 0.15) is 31.2 Å². The third-order valence-corrected chi connectivity index (χ3v) is 6.54. The van der Waals surface area contributed by atoms with E-state index in [1.54, 1.807) is 6.07 Å². The Morgan fingerprint density at radius 3 is 2.46 bits per heavy atom. The standard InChI is InChI=1S/C16H24BrN3O3S/c1-13-11-14(17)7-8-15(13)18-16(21)12-19(2)24(22,23)20-9-5-3-4-6-10-20/h7-8,11H,3-6,9-10,12H2,1-2H3,(H,18,21). The molecule has 1 saturated heterocycles. The Morgan fingerprint density at radius 2 is 1.88 bits per heavy atom. The molecule has 0 spiro atoms. The van der Waals surface area contributed by atoms with E-state index in [1.807, 2.05) is 19.1 Å². The van der Waals surface area contributed by atoms with Crippen LogP contribution in [0.2, 0.25) is 0 Å². The minimum absolute atomic E-state index is 0.200. The molecular weight excluding hydrogens is 394 g/mol. The SMILES string of the molecule is Cc1cc(Br)ccc1NC(=O)CN(C)S(=O)(=O)N1CCCCCC1. The number of hydrogen-bond donors (Lipinski definition) is 1. The molecule has 6 nitrogen and oxygen atoms in total. The molecule has 1 N–H and O–H groups in total. The van der Waals surface area contributed by atoms with Crippen molar-refractivity contribution in [3.05, 3.63) is 28.2 Å². The van der Waals surface area contributed by atoms with E-state index >= 15 is 0 Å². The molecule has 0 unspecified atom stereocenters. The van der Waals surface area contributed by atoms with Crippen molar-refractivity contribution in [2.24, 2.45) is 0 Å². The van der Waals surface area contributed by atoms with Gasteiger partial charge in [0.05, 0.1) is 6.54 Å². The molecule has 0 bridgehead atoms. The first-order valence-electron chi connectivity index (χ1n) is 8.08. The van der Waals surface area contributed by atoms with Gasteiger partial charge in [-0.25, -0.2) is 0 Å². The monoisotopic (exact) mass is 417 g/mol. The van der Waals surface area contributed by atoms with Crippen LogP contribution in [0, 0.1) is 6.92 Å². The van der Waals surface area contributed by atoms with E-state index in [0.29, 0.717) is 18.8 Å². The minimum atomic E-state index is -3.59. The highest BCUT2D eigenvalue weighted by Crippen LogP contribution is 2.20. The zero-order valence-corrected chi connectivity index (χ0v) is 16.5. The summed E-state index contributed by atoms with van der Waals surface area (Å²) in [4.78, 5) is 12.2. The van der Waals surface area contributed by atoms with Gasteiger partial charge < -0.3 is 5.32 Å². The predicted molar refractivity (Wildman–Crippen MR) is 99.1 cm³/mol. The molecule has 0 radical (unpaired) electrons. The molecule has 1 aromatic rings. The average molecular weight is 418 g/mol. The molecule has 1 aliphatic heterocycles. The number of aryl methyl sites for hydroxylation is 1. The topological polar surface area (TPSA) is 69.7 Å². The summed E-state index contributed by atoms with van der Waals surface area (Å²) in [5.74, 6) is -0.346. The van der Waals surface area contributed by atoms with Crippen LogP contribution >= 0.6 is 15.9 Å². The molecule has 24 heavy (non-hydrogen) atoms. The van der Waals surface area contributed by atoms with E-state index in [9.17, 15) is 13.2 Å². The first-order valence-corrected chi connectivity index (χ1v) is 10.3. The smallest absolute Gasteiger partial charge is 0.282 e. The van der Waals surface area contributed by atoms with Crippen LogP contribution in [-0.2, 0) is 15.0 Å². The fourth-order valence-corrected chi connectivity index (χ4v) is 4.58. The molecule has 1 aromatic carbocycles. The summed E-state index contributed by atoms with van der Waals surface area (Å²) in [5, 5.41) is 2.77. The first-order chi connectivity index (χ1) is 11.3. The van der Waals surface area contributed by atoms with Crippen molar-refractivity contribution in [1.82, 2.24) is 8.61 Å². The van der Waals surface area contributed by atoms with Crippen LogP contribution in [0.3, 0.4) is 0 Å². The molecule has 0 aromatic heterocycles. The van der Waals surface area contributed by atoms with Gasteiger partial charge in [0.15, 0.2) is 0 Å². The number of hydrogen-bond acceptors (Lipinski definition) is 3. The molecule has 1 aliphatic rings. The van der Waals surface area contributed by atoms with Crippen LogP contribution in [0.15, 0.2) is 22.7 Å². The number of anilines is 1. The summed E-state index contributed by atoms with van der Waals surface area (Å²) in [6.07, 6.45) is 3.85. The summed E-state index contributed by atoms with van der Waals surface area (Å²) in [5.41, 5.74) is 1.60. The molecule has 0 aliphatic carbocycles. The summed E-state index contributed by atoms with van der Waals surface area (Å²) >= 11 is 3.37. The van der Waals surface area contributed by atoms with Crippen molar-refractivity contribution in [3.8, 4) is 0 Å². The second-order valence-corrected chi connectivity index (χ2v) is 9.04. The first kappa shape index (κ1) is 19.4. The fraction of sp³-hybridized carbons (Fsp3) is 0.562. The van der Waals surface area contributed by atoms with Gasteiger partial charge in [-0.2, -0.15) is 17.0 Å². The molecule has 0 saturated carbocycles. The summed E-state index contributed by atoms with van der Waals surface area (Å²) in [7, 11) is -2.14. The van der Waals surface area contributed by atoms with Gasteiger partial charge in [0.25, 0.3) is 10.2 Å². The Balaban J connectivity index is 1.99.